The average molecular weight is 262 g/mol. The Bertz CT molecular complexity index is 713. The third-order valence-electron chi connectivity index (χ3n) is 2.47. The molecule has 0 spiro atoms. The number of para-hydroxylation sites is 1. The highest BCUT2D eigenvalue weighted by Crippen LogP contribution is 2.25. The molecule has 0 unspecified atom stereocenters. The average Bonchev–Trinajstić information content (AvgIpc) is 2.38. The van der Waals surface area contributed by atoms with E-state index in [1.165, 1.54) is 12.1 Å². The number of esters is 1. The SMILES string of the molecule is CCC(=O)Oc1cccc2cc(C(=O)O)c(=O)oc12. The van der Waals surface area contributed by atoms with Crippen LogP contribution in [0.2, 0.25) is 0 Å². The van der Waals surface area contributed by atoms with Crippen molar-refractivity contribution in [2.24, 2.45) is 0 Å². The second-order valence-corrected chi connectivity index (χ2v) is 3.75. The number of fused-ring (bicyclic) bond motifs is 1. The predicted molar refractivity (Wildman–Crippen MR) is 65.4 cm³/mol. The summed E-state index contributed by atoms with van der Waals surface area (Å²) >= 11 is 0. The fourth-order valence-corrected chi connectivity index (χ4v) is 1.54. The van der Waals surface area contributed by atoms with Crippen molar-refractivity contribution in [1.29, 1.82) is 0 Å². The van der Waals surface area contributed by atoms with Crippen molar-refractivity contribution in [3.05, 3.63) is 40.2 Å². The summed E-state index contributed by atoms with van der Waals surface area (Å²) in [6.45, 7) is 1.63. The lowest BCUT2D eigenvalue weighted by Crippen LogP contribution is -2.13. The van der Waals surface area contributed by atoms with Crippen LogP contribution in [-0.4, -0.2) is 17.0 Å². The highest BCUT2D eigenvalue weighted by molar-refractivity contribution is 5.93. The number of carbonyl (C=O) groups is 2. The van der Waals surface area contributed by atoms with Gasteiger partial charge in [-0.15, -0.1) is 0 Å². The van der Waals surface area contributed by atoms with Crippen LogP contribution in [0.4, 0.5) is 0 Å². The number of rotatable bonds is 3. The zero-order valence-electron chi connectivity index (χ0n) is 10.0. The second-order valence-electron chi connectivity index (χ2n) is 3.75. The van der Waals surface area contributed by atoms with E-state index in [1.54, 1.807) is 19.1 Å². The van der Waals surface area contributed by atoms with Crippen LogP contribution >= 0.6 is 0 Å². The molecule has 2 aromatic rings. The summed E-state index contributed by atoms with van der Waals surface area (Å²) in [4.78, 5) is 33.6. The molecule has 1 N–H and O–H groups in total. The molecule has 0 atom stereocenters. The van der Waals surface area contributed by atoms with Crippen LogP contribution in [0.1, 0.15) is 23.7 Å². The van der Waals surface area contributed by atoms with Gasteiger partial charge < -0.3 is 14.3 Å². The van der Waals surface area contributed by atoms with Gasteiger partial charge in [0.05, 0.1) is 0 Å². The van der Waals surface area contributed by atoms with Crippen LogP contribution in [0.3, 0.4) is 0 Å². The molecule has 98 valence electrons. The van der Waals surface area contributed by atoms with E-state index < -0.39 is 23.1 Å². The van der Waals surface area contributed by atoms with Gasteiger partial charge in [-0.25, -0.2) is 9.59 Å². The number of carbonyl (C=O) groups excluding carboxylic acids is 1. The van der Waals surface area contributed by atoms with Gasteiger partial charge in [-0.3, -0.25) is 4.79 Å². The Labute approximate surface area is 107 Å². The first kappa shape index (κ1) is 12.8. The Morgan fingerprint density at radius 2 is 2.11 bits per heavy atom. The lowest BCUT2D eigenvalue weighted by Gasteiger charge is -2.05. The van der Waals surface area contributed by atoms with Gasteiger partial charge in [0.1, 0.15) is 5.56 Å². The van der Waals surface area contributed by atoms with E-state index in [9.17, 15) is 14.4 Å². The summed E-state index contributed by atoms with van der Waals surface area (Å²) in [7, 11) is 0. The monoisotopic (exact) mass is 262 g/mol. The topological polar surface area (TPSA) is 93.8 Å². The lowest BCUT2D eigenvalue weighted by molar-refractivity contribution is -0.133. The molecule has 2 rings (SSSR count). The number of benzene rings is 1. The van der Waals surface area contributed by atoms with Crippen molar-refractivity contribution in [1.82, 2.24) is 0 Å². The number of hydrogen-bond acceptors (Lipinski definition) is 5. The van der Waals surface area contributed by atoms with Gasteiger partial charge in [-0.1, -0.05) is 19.1 Å². The van der Waals surface area contributed by atoms with Crippen molar-refractivity contribution in [2.45, 2.75) is 13.3 Å². The van der Waals surface area contributed by atoms with Gasteiger partial charge in [0.15, 0.2) is 11.3 Å². The summed E-state index contributed by atoms with van der Waals surface area (Å²) in [6, 6.07) is 5.80. The first-order valence-electron chi connectivity index (χ1n) is 5.53. The van der Waals surface area contributed by atoms with Gasteiger partial charge in [0, 0.05) is 11.8 Å². The second kappa shape index (κ2) is 4.93. The molecule has 0 fully saturated rings. The van der Waals surface area contributed by atoms with Crippen LogP contribution in [0.5, 0.6) is 5.75 Å². The molecule has 19 heavy (non-hydrogen) atoms. The van der Waals surface area contributed by atoms with E-state index in [0.717, 1.165) is 0 Å². The number of carboxylic acids is 1. The number of aromatic carboxylic acids is 1. The molecule has 0 radical (unpaired) electrons. The van der Waals surface area contributed by atoms with Crippen molar-refractivity contribution in [3.63, 3.8) is 0 Å². The maximum Gasteiger partial charge on any atom is 0.351 e. The van der Waals surface area contributed by atoms with E-state index in [0.29, 0.717) is 5.39 Å². The Morgan fingerprint density at radius 3 is 2.74 bits per heavy atom. The fourth-order valence-electron chi connectivity index (χ4n) is 1.54. The number of ether oxygens (including phenoxy) is 1. The van der Waals surface area contributed by atoms with Crippen LogP contribution in [0.15, 0.2) is 33.5 Å². The summed E-state index contributed by atoms with van der Waals surface area (Å²) in [6.07, 6.45) is 0.174. The van der Waals surface area contributed by atoms with Crippen molar-refractivity contribution < 1.29 is 23.8 Å². The van der Waals surface area contributed by atoms with Gasteiger partial charge >= 0.3 is 17.6 Å². The molecular weight excluding hydrogens is 252 g/mol. The lowest BCUT2D eigenvalue weighted by atomic mass is 10.2. The largest absolute Gasteiger partial charge is 0.477 e. The fraction of sp³-hybridized carbons (Fsp3) is 0.154. The molecule has 1 aromatic heterocycles. The maximum absolute atomic E-state index is 11.5. The molecule has 1 heterocycles. The number of carboxylic acid groups (broad SMARTS) is 1. The Hall–Kier alpha value is -2.63. The minimum atomic E-state index is -1.37. The van der Waals surface area contributed by atoms with E-state index >= 15 is 0 Å². The number of hydrogen-bond donors (Lipinski definition) is 1. The van der Waals surface area contributed by atoms with Gasteiger partial charge in [0.25, 0.3) is 0 Å². The first-order valence-corrected chi connectivity index (χ1v) is 5.53. The molecule has 0 saturated heterocycles. The molecule has 0 aliphatic heterocycles. The highest BCUT2D eigenvalue weighted by atomic mass is 16.5. The zero-order valence-corrected chi connectivity index (χ0v) is 10.0. The minimum absolute atomic E-state index is 0.0549. The van der Waals surface area contributed by atoms with Crippen molar-refractivity contribution in [2.75, 3.05) is 0 Å². The molecule has 0 bridgehead atoms. The quantitative estimate of drug-likeness (QED) is 0.515. The molecular formula is C13H10O6. The third kappa shape index (κ3) is 2.47. The van der Waals surface area contributed by atoms with E-state index in [-0.39, 0.29) is 17.8 Å². The van der Waals surface area contributed by atoms with Crippen molar-refractivity contribution in [3.8, 4) is 5.75 Å². The Morgan fingerprint density at radius 1 is 1.37 bits per heavy atom. The van der Waals surface area contributed by atoms with E-state index in [2.05, 4.69) is 0 Å². The summed E-state index contributed by atoms with van der Waals surface area (Å²) < 4.78 is 9.93. The molecule has 0 aliphatic rings. The maximum atomic E-state index is 11.5. The highest BCUT2D eigenvalue weighted by Gasteiger charge is 2.15. The zero-order chi connectivity index (χ0) is 14.0. The molecule has 0 amide bonds. The first-order chi connectivity index (χ1) is 9.02. The van der Waals surface area contributed by atoms with Gasteiger partial charge in [0.2, 0.25) is 0 Å². The molecule has 0 saturated carbocycles. The summed E-state index contributed by atoms with van der Waals surface area (Å²) in [5.74, 6) is -1.75. The standard InChI is InChI=1S/C13H10O6/c1-2-10(14)18-9-5-3-4-7-6-8(12(15)16)13(17)19-11(7)9/h3-6H,2H2,1H3,(H,15,16). The molecule has 1 aromatic carbocycles. The predicted octanol–water partition coefficient (Wildman–Crippen LogP) is 1.81. The van der Waals surface area contributed by atoms with E-state index in [1.807, 2.05) is 0 Å². The molecule has 6 heteroatoms. The summed E-state index contributed by atoms with van der Waals surface area (Å²) in [5, 5.41) is 9.21. The van der Waals surface area contributed by atoms with Gasteiger partial charge in [-0.05, 0) is 12.1 Å². The summed E-state index contributed by atoms with van der Waals surface area (Å²) in [5.41, 5.74) is -1.40. The van der Waals surface area contributed by atoms with E-state index in [4.69, 9.17) is 14.3 Å². The van der Waals surface area contributed by atoms with Crippen molar-refractivity contribution >= 4 is 22.9 Å². The Kier molecular flexibility index (Phi) is 3.33. The van der Waals surface area contributed by atoms with Crippen LogP contribution < -0.4 is 10.4 Å². The van der Waals surface area contributed by atoms with Gasteiger partial charge in [-0.2, -0.15) is 0 Å². The Balaban J connectivity index is 2.63. The van der Waals surface area contributed by atoms with Crippen LogP contribution in [-0.2, 0) is 4.79 Å². The normalized spacial score (nSPS) is 10.4. The third-order valence-corrected chi connectivity index (χ3v) is 2.47. The molecule has 0 aliphatic carbocycles. The van der Waals surface area contributed by atoms with Crippen LogP contribution in [0.25, 0.3) is 11.0 Å². The minimum Gasteiger partial charge on any atom is -0.477 e. The molecule has 6 nitrogen and oxygen atoms in total. The van der Waals surface area contributed by atoms with Crippen LogP contribution in [0, 0.1) is 0 Å². The smallest absolute Gasteiger partial charge is 0.351 e.